The molecular weight excluding hydrogens is 209 g/mol. The quantitative estimate of drug-likeness (QED) is 0.524. The molecule has 0 saturated heterocycles. The minimum atomic E-state index is -6.00. The highest BCUT2D eigenvalue weighted by molar-refractivity contribution is 6.50. The molecule has 6 heteroatoms. The summed E-state index contributed by atoms with van der Waals surface area (Å²) in [6.45, 7) is 12.5. The van der Waals surface area contributed by atoms with Gasteiger partial charge in [-0.3, -0.25) is 4.90 Å². The Balaban J connectivity index is 0. The van der Waals surface area contributed by atoms with Gasteiger partial charge in [-0.05, 0) is 40.7 Å². The van der Waals surface area contributed by atoms with Crippen LogP contribution in [0.15, 0.2) is 0 Å². The molecule has 0 unspecified atom stereocenters. The van der Waals surface area contributed by atoms with Gasteiger partial charge in [-0.25, -0.2) is 0 Å². The predicted molar refractivity (Wildman–Crippen MR) is 57.5 cm³/mol. The average molecular weight is 230 g/mol. The number of nitrogens with zero attached hydrogens (tertiary/aromatic N) is 1. The zero-order chi connectivity index (χ0) is 12.6. The van der Waals surface area contributed by atoms with Crippen molar-refractivity contribution in [2.24, 2.45) is 0 Å². The largest absolute Gasteiger partial charge is 0.673 e. The van der Waals surface area contributed by atoms with Gasteiger partial charge >= 0.3 is 7.25 Å². The van der Waals surface area contributed by atoms with Gasteiger partial charge in [0.2, 0.25) is 0 Å². The number of rotatable bonds is 4. The number of hydrogen-bond donors (Lipinski definition) is 0. The fourth-order valence-corrected chi connectivity index (χ4v) is 1.37. The molecule has 0 N–H and O–H groups in total. The monoisotopic (exact) mass is 230 g/mol. The SMILES string of the molecule is CCCN(C(C)C)C(C)C.F[B-](F)(F)F. The Hall–Kier alpha value is -0.255. The van der Waals surface area contributed by atoms with Crippen molar-refractivity contribution in [1.29, 1.82) is 0 Å². The van der Waals surface area contributed by atoms with Crippen LogP contribution in [0, 0.1) is 0 Å². The van der Waals surface area contributed by atoms with E-state index in [-0.39, 0.29) is 0 Å². The summed E-state index contributed by atoms with van der Waals surface area (Å²) in [7, 11) is -6.00. The van der Waals surface area contributed by atoms with Gasteiger partial charge in [-0.1, -0.05) is 6.92 Å². The summed E-state index contributed by atoms with van der Waals surface area (Å²) in [6.07, 6.45) is 1.26. The molecule has 0 fully saturated rings. The smallest absolute Gasteiger partial charge is 0.418 e. The lowest BCUT2D eigenvalue weighted by Gasteiger charge is -2.29. The molecular formula is C9H21BF4N-. The zero-order valence-electron chi connectivity index (χ0n) is 10.1. The van der Waals surface area contributed by atoms with E-state index in [2.05, 4.69) is 39.5 Å². The lowest BCUT2D eigenvalue weighted by molar-refractivity contribution is 0.175. The Morgan fingerprint density at radius 3 is 1.27 bits per heavy atom. The molecule has 0 rings (SSSR count). The lowest BCUT2D eigenvalue weighted by atomic mass is 10.2. The summed E-state index contributed by atoms with van der Waals surface area (Å²) in [4.78, 5) is 2.51. The van der Waals surface area contributed by atoms with Gasteiger partial charge in [-0.15, -0.1) is 0 Å². The first-order valence-corrected chi connectivity index (χ1v) is 5.22. The molecule has 0 aromatic heterocycles. The van der Waals surface area contributed by atoms with E-state index in [1.807, 2.05) is 0 Å². The molecule has 15 heavy (non-hydrogen) atoms. The maximum absolute atomic E-state index is 9.75. The second kappa shape index (κ2) is 7.96. The van der Waals surface area contributed by atoms with E-state index in [9.17, 15) is 17.3 Å². The third kappa shape index (κ3) is 16.4. The molecule has 0 saturated carbocycles. The third-order valence-corrected chi connectivity index (χ3v) is 1.81. The Morgan fingerprint density at radius 2 is 1.20 bits per heavy atom. The van der Waals surface area contributed by atoms with Crippen LogP contribution < -0.4 is 0 Å². The first-order chi connectivity index (χ1) is 6.59. The van der Waals surface area contributed by atoms with Crippen LogP contribution in [0.3, 0.4) is 0 Å². The zero-order valence-corrected chi connectivity index (χ0v) is 10.1. The fourth-order valence-electron chi connectivity index (χ4n) is 1.37. The third-order valence-electron chi connectivity index (χ3n) is 1.81. The van der Waals surface area contributed by atoms with Crippen molar-refractivity contribution in [2.75, 3.05) is 6.54 Å². The molecule has 0 heterocycles. The molecule has 0 aliphatic carbocycles. The molecule has 0 aromatic rings. The molecule has 0 radical (unpaired) electrons. The van der Waals surface area contributed by atoms with Crippen LogP contribution in [0.5, 0.6) is 0 Å². The Kier molecular flexibility index (Phi) is 9.10. The molecule has 0 aromatic carbocycles. The van der Waals surface area contributed by atoms with Crippen LogP contribution in [-0.4, -0.2) is 30.8 Å². The number of halogens is 4. The van der Waals surface area contributed by atoms with Gasteiger partial charge in [0.1, 0.15) is 0 Å². The minimum Gasteiger partial charge on any atom is -0.418 e. The Bertz CT molecular complexity index is 134. The minimum absolute atomic E-state index is 0.694. The summed E-state index contributed by atoms with van der Waals surface area (Å²) in [5.41, 5.74) is 0. The summed E-state index contributed by atoms with van der Waals surface area (Å²) in [5, 5.41) is 0. The van der Waals surface area contributed by atoms with Gasteiger partial charge in [0, 0.05) is 12.1 Å². The van der Waals surface area contributed by atoms with Crippen molar-refractivity contribution in [3.05, 3.63) is 0 Å². The molecule has 0 aliphatic heterocycles. The van der Waals surface area contributed by atoms with Gasteiger partial charge in [0.25, 0.3) is 0 Å². The highest BCUT2D eigenvalue weighted by Crippen LogP contribution is 2.06. The van der Waals surface area contributed by atoms with Gasteiger partial charge in [-0.2, -0.15) is 0 Å². The average Bonchev–Trinajstić information content (AvgIpc) is 1.95. The van der Waals surface area contributed by atoms with E-state index in [0.29, 0.717) is 12.1 Å². The van der Waals surface area contributed by atoms with E-state index in [1.165, 1.54) is 13.0 Å². The van der Waals surface area contributed by atoms with Gasteiger partial charge < -0.3 is 17.3 Å². The topological polar surface area (TPSA) is 3.24 Å². The summed E-state index contributed by atoms with van der Waals surface area (Å²) in [5.74, 6) is 0. The maximum atomic E-state index is 9.75. The van der Waals surface area contributed by atoms with Gasteiger partial charge in [0.05, 0.1) is 0 Å². The molecule has 0 amide bonds. The second-order valence-corrected chi connectivity index (χ2v) is 3.92. The molecule has 94 valence electrons. The fraction of sp³-hybridized carbons (Fsp3) is 1.00. The van der Waals surface area contributed by atoms with E-state index in [0.717, 1.165) is 0 Å². The standard InChI is InChI=1S/C9H21N.BF4/c1-6-7-10(8(2)3)9(4)5;2-1(3,4)5/h8-9H,6-7H2,1-5H3;/q;-1. The highest BCUT2D eigenvalue weighted by atomic mass is 19.5. The lowest BCUT2D eigenvalue weighted by Crippen LogP contribution is -2.37. The first kappa shape index (κ1) is 17.1. The van der Waals surface area contributed by atoms with Crippen LogP contribution in [0.25, 0.3) is 0 Å². The van der Waals surface area contributed by atoms with Gasteiger partial charge in [0.15, 0.2) is 0 Å². The summed E-state index contributed by atoms with van der Waals surface area (Å²) < 4.78 is 39.0. The summed E-state index contributed by atoms with van der Waals surface area (Å²) >= 11 is 0. The molecule has 0 spiro atoms. The van der Waals surface area contributed by atoms with E-state index in [1.54, 1.807) is 0 Å². The second-order valence-electron chi connectivity index (χ2n) is 3.92. The highest BCUT2D eigenvalue weighted by Gasteiger charge is 2.20. The van der Waals surface area contributed by atoms with Crippen molar-refractivity contribution in [1.82, 2.24) is 4.90 Å². The van der Waals surface area contributed by atoms with Crippen molar-refractivity contribution in [2.45, 2.75) is 53.1 Å². The van der Waals surface area contributed by atoms with Crippen LogP contribution >= 0.6 is 0 Å². The van der Waals surface area contributed by atoms with Crippen LogP contribution in [-0.2, 0) is 0 Å². The van der Waals surface area contributed by atoms with E-state index < -0.39 is 7.25 Å². The normalized spacial score (nSPS) is 12.0. The molecule has 0 bridgehead atoms. The summed E-state index contributed by atoms with van der Waals surface area (Å²) in [6, 6.07) is 1.39. The molecule has 1 nitrogen and oxygen atoms in total. The maximum Gasteiger partial charge on any atom is 0.673 e. The number of hydrogen-bond acceptors (Lipinski definition) is 1. The first-order valence-electron chi connectivity index (χ1n) is 5.22. The van der Waals surface area contributed by atoms with Crippen LogP contribution in [0.4, 0.5) is 17.3 Å². The predicted octanol–water partition coefficient (Wildman–Crippen LogP) is 3.82. The molecule has 0 aliphatic rings. The van der Waals surface area contributed by atoms with Crippen molar-refractivity contribution < 1.29 is 17.3 Å². The van der Waals surface area contributed by atoms with Crippen molar-refractivity contribution in [3.63, 3.8) is 0 Å². The van der Waals surface area contributed by atoms with Crippen LogP contribution in [0.2, 0.25) is 0 Å². The van der Waals surface area contributed by atoms with Crippen molar-refractivity contribution >= 4 is 7.25 Å². The van der Waals surface area contributed by atoms with E-state index >= 15 is 0 Å². The molecule has 0 atom stereocenters. The van der Waals surface area contributed by atoms with Crippen LogP contribution in [0.1, 0.15) is 41.0 Å². The van der Waals surface area contributed by atoms with E-state index in [4.69, 9.17) is 0 Å². The van der Waals surface area contributed by atoms with Crippen molar-refractivity contribution in [3.8, 4) is 0 Å². The Labute approximate surface area is 89.9 Å². The Morgan fingerprint density at radius 1 is 0.933 bits per heavy atom.